The number of rotatable bonds is 6. The molecule has 0 bridgehead atoms. The molecule has 1 aliphatic carbocycles. The first kappa shape index (κ1) is 26.9. The molecule has 1 aromatic rings. The van der Waals surface area contributed by atoms with E-state index in [1.54, 1.807) is 27.1 Å². The fraction of sp³-hybridized carbons (Fsp3) is 0.750. The van der Waals surface area contributed by atoms with Crippen molar-refractivity contribution in [2.24, 2.45) is 22.7 Å². The lowest BCUT2D eigenvalue weighted by Gasteiger charge is -2.37. The summed E-state index contributed by atoms with van der Waals surface area (Å²) in [6.45, 7) is 9.51. The molecule has 0 spiro atoms. The number of amides is 3. The lowest BCUT2D eigenvalue weighted by atomic mass is 9.85. The molecule has 0 aromatic carbocycles. The summed E-state index contributed by atoms with van der Waals surface area (Å²) in [4.78, 5) is 40.1. The summed E-state index contributed by atoms with van der Waals surface area (Å²) < 4.78 is 40.9. The van der Waals surface area contributed by atoms with Gasteiger partial charge in [0.25, 0.3) is 0 Å². The first-order valence-corrected chi connectivity index (χ1v) is 12.3. The number of piperidine rings is 1. The monoisotopic (exact) mass is 523 g/mol. The van der Waals surface area contributed by atoms with Crippen LogP contribution < -0.4 is 10.6 Å². The molecule has 3 aliphatic rings. The predicted octanol–water partition coefficient (Wildman–Crippen LogP) is 1.74. The number of nitrogens with zero attached hydrogens (tertiary/aromatic N) is 5. The lowest BCUT2D eigenvalue weighted by Crippen LogP contribution is -2.61. The van der Waals surface area contributed by atoms with Gasteiger partial charge in [0.2, 0.25) is 11.8 Å². The lowest BCUT2D eigenvalue weighted by molar-refractivity contribution is -0.176. The van der Waals surface area contributed by atoms with E-state index in [1.165, 1.54) is 4.90 Å². The molecule has 0 unspecified atom stereocenters. The SMILES string of the molecule is CC(C)(C)[C@H](NC(=O)C(F)(F)F)C(=O)N1C[C@H]2[C@@H]([C@H]1C(=O)N[C@H](C#N)C[C@@H]1CCn3cnnc31)C2(C)C. The van der Waals surface area contributed by atoms with Crippen LogP contribution in [0.25, 0.3) is 0 Å². The van der Waals surface area contributed by atoms with Gasteiger partial charge in [0.1, 0.15) is 30.3 Å². The third kappa shape index (κ3) is 4.90. The summed E-state index contributed by atoms with van der Waals surface area (Å²) in [6.07, 6.45) is -2.45. The van der Waals surface area contributed by atoms with Gasteiger partial charge in [-0.3, -0.25) is 14.4 Å². The van der Waals surface area contributed by atoms with E-state index >= 15 is 0 Å². The van der Waals surface area contributed by atoms with E-state index in [2.05, 4.69) is 21.6 Å². The third-order valence-corrected chi connectivity index (χ3v) is 8.13. The molecule has 6 atom stereocenters. The third-order valence-electron chi connectivity index (χ3n) is 8.13. The van der Waals surface area contributed by atoms with Crippen molar-refractivity contribution in [1.29, 1.82) is 5.26 Å². The van der Waals surface area contributed by atoms with E-state index in [0.29, 0.717) is 6.42 Å². The number of halogens is 3. The highest BCUT2D eigenvalue weighted by atomic mass is 19.4. The number of aryl methyl sites for hydroxylation is 1. The largest absolute Gasteiger partial charge is 0.471 e. The molecule has 13 heteroatoms. The smallest absolute Gasteiger partial charge is 0.339 e. The second-order valence-electron chi connectivity index (χ2n) is 12.0. The molecule has 2 fully saturated rings. The molecular formula is C24H32F3N7O3. The van der Waals surface area contributed by atoms with E-state index in [0.717, 1.165) is 18.8 Å². The van der Waals surface area contributed by atoms with E-state index in [4.69, 9.17) is 0 Å². The summed E-state index contributed by atoms with van der Waals surface area (Å²) >= 11 is 0. The number of hydrogen-bond donors (Lipinski definition) is 2. The minimum Gasteiger partial charge on any atom is -0.339 e. The van der Waals surface area contributed by atoms with Crippen molar-refractivity contribution in [2.75, 3.05) is 6.54 Å². The zero-order chi connectivity index (χ0) is 27.5. The number of fused-ring (bicyclic) bond motifs is 2. The minimum absolute atomic E-state index is 0.0138. The fourth-order valence-electron chi connectivity index (χ4n) is 5.93. The van der Waals surface area contributed by atoms with Gasteiger partial charge in [-0.25, -0.2) is 0 Å². The maximum Gasteiger partial charge on any atom is 0.471 e. The standard InChI is InChI=1S/C24H32F3N7O3/c1-22(2,3)17(31-21(37)24(25,26)27)20(36)34-10-14-15(23(14,4)5)16(34)19(35)30-13(9-28)8-12-6-7-33-11-29-32-18(12)33/h11-17H,6-8,10H2,1-5H3,(H,30,35)(H,31,37)/t12-,13-,14-,15-,16-,17+/m0/s1. The Labute approximate surface area is 213 Å². The van der Waals surface area contributed by atoms with Crippen LogP contribution in [-0.4, -0.2) is 68.2 Å². The van der Waals surface area contributed by atoms with E-state index in [-0.39, 0.29) is 29.7 Å². The number of hydrogen-bond acceptors (Lipinski definition) is 6. The van der Waals surface area contributed by atoms with Gasteiger partial charge in [-0.1, -0.05) is 34.6 Å². The van der Waals surface area contributed by atoms with Gasteiger partial charge in [-0.05, 0) is 35.5 Å². The van der Waals surface area contributed by atoms with E-state index < -0.39 is 47.4 Å². The van der Waals surface area contributed by atoms with Gasteiger partial charge < -0.3 is 20.1 Å². The van der Waals surface area contributed by atoms with Crippen LogP contribution in [0.5, 0.6) is 0 Å². The summed E-state index contributed by atoms with van der Waals surface area (Å²) in [6, 6.07) is -1.18. The van der Waals surface area contributed by atoms with Crippen molar-refractivity contribution >= 4 is 17.7 Å². The quantitative estimate of drug-likeness (QED) is 0.584. The molecule has 3 amide bonds. The van der Waals surface area contributed by atoms with Gasteiger partial charge in [0.15, 0.2) is 0 Å². The Bertz CT molecular complexity index is 1130. The summed E-state index contributed by atoms with van der Waals surface area (Å²) in [5.41, 5.74) is -1.29. The summed E-state index contributed by atoms with van der Waals surface area (Å²) in [7, 11) is 0. The number of nitrogens with one attached hydrogen (secondary N) is 2. The number of aromatic nitrogens is 3. The van der Waals surface area contributed by atoms with Crippen LogP contribution in [-0.2, 0) is 20.9 Å². The Hall–Kier alpha value is -3.17. The van der Waals surface area contributed by atoms with Crippen LogP contribution in [0.3, 0.4) is 0 Å². The van der Waals surface area contributed by atoms with Crippen molar-refractivity contribution < 1.29 is 27.6 Å². The second-order valence-corrected chi connectivity index (χ2v) is 12.0. The molecule has 4 rings (SSSR count). The van der Waals surface area contributed by atoms with Gasteiger partial charge in [0, 0.05) is 19.0 Å². The van der Waals surface area contributed by atoms with Crippen LogP contribution in [0.4, 0.5) is 13.2 Å². The molecule has 1 aromatic heterocycles. The number of carbonyl (C=O) groups excluding carboxylic acids is 3. The van der Waals surface area contributed by atoms with Gasteiger partial charge in [0.05, 0.1) is 6.07 Å². The molecule has 2 aliphatic heterocycles. The highest BCUT2D eigenvalue weighted by Gasteiger charge is 2.70. The molecule has 10 nitrogen and oxygen atoms in total. The number of nitriles is 1. The topological polar surface area (TPSA) is 133 Å². The zero-order valence-corrected chi connectivity index (χ0v) is 21.5. The first-order valence-electron chi connectivity index (χ1n) is 12.3. The van der Waals surface area contributed by atoms with Crippen LogP contribution in [0.2, 0.25) is 0 Å². The number of carbonyl (C=O) groups is 3. The van der Waals surface area contributed by atoms with E-state index in [1.807, 2.05) is 23.7 Å². The highest BCUT2D eigenvalue weighted by Crippen LogP contribution is 2.65. The first-order chi connectivity index (χ1) is 17.1. The number of alkyl halides is 3. The van der Waals surface area contributed by atoms with Crippen molar-refractivity contribution in [2.45, 2.75) is 84.2 Å². The summed E-state index contributed by atoms with van der Waals surface area (Å²) in [5.74, 6) is -2.99. The fourth-order valence-corrected chi connectivity index (χ4v) is 5.93. The average molecular weight is 524 g/mol. The second kappa shape index (κ2) is 8.99. The Morgan fingerprint density at radius 2 is 1.92 bits per heavy atom. The van der Waals surface area contributed by atoms with Crippen LogP contribution in [0, 0.1) is 34.0 Å². The van der Waals surface area contributed by atoms with Crippen molar-refractivity contribution in [3.63, 3.8) is 0 Å². The van der Waals surface area contributed by atoms with Gasteiger partial charge in [-0.15, -0.1) is 10.2 Å². The molecular weight excluding hydrogens is 491 g/mol. The summed E-state index contributed by atoms with van der Waals surface area (Å²) in [5, 5.41) is 22.3. The Balaban J connectivity index is 1.52. The van der Waals surface area contributed by atoms with E-state index in [9.17, 15) is 32.8 Å². The molecule has 202 valence electrons. The van der Waals surface area contributed by atoms with Gasteiger partial charge in [-0.2, -0.15) is 18.4 Å². The maximum absolute atomic E-state index is 13.6. The molecule has 1 saturated heterocycles. The Morgan fingerprint density at radius 3 is 2.51 bits per heavy atom. The highest BCUT2D eigenvalue weighted by molar-refractivity contribution is 5.95. The normalized spacial score (nSPS) is 27.5. The Morgan fingerprint density at radius 1 is 1.24 bits per heavy atom. The van der Waals surface area contributed by atoms with Crippen LogP contribution in [0.1, 0.15) is 59.2 Å². The average Bonchev–Trinajstić information content (AvgIpc) is 3.29. The van der Waals surface area contributed by atoms with Gasteiger partial charge >= 0.3 is 12.1 Å². The molecule has 3 heterocycles. The molecule has 0 radical (unpaired) electrons. The zero-order valence-electron chi connectivity index (χ0n) is 21.5. The molecule has 37 heavy (non-hydrogen) atoms. The van der Waals surface area contributed by atoms with Crippen molar-refractivity contribution in [1.82, 2.24) is 30.3 Å². The van der Waals surface area contributed by atoms with Crippen molar-refractivity contribution in [3.8, 4) is 6.07 Å². The minimum atomic E-state index is -5.15. The molecule has 2 N–H and O–H groups in total. The number of likely N-dealkylation sites (tertiary alicyclic amines) is 1. The van der Waals surface area contributed by atoms with Crippen LogP contribution >= 0.6 is 0 Å². The maximum atomic E-state index is 13.6. The molecule has 1 saturated carbocycles. The Kier molecular flexibility index (Phi) is 6.53. The van der Waals surface area contributed by atoms with Crippen molar-refractivity contribution in [3.05, 3.63) is 12.2 Å². The predicted molar refractivity (Wildman–Crippen MR) is 123 cm³/mol. The van der Waals surface area contributed by atoms with Crippen LogP contribution in [0.15, 0.2) is 6.33 Å².